The average molecular weight is 100 g/mol. The lowest BCUT2D eigenvalue weighted by Crippen LogP contribution is -2.04. The molecule has 1 rings (SSSR count). The Kier molecular flexibility index (Phi) is 1.44. The predicted octanol–water partition coefficient (Wildman–Crippen LogP) is 0.956. The van der Waals surface area contributed by atoms with Crippen LogP contribution in [0.2, 0.25) is 0 Å². The first-order valence-electron chi connectivity index (χ1n) is 1.84. The lowest BCUT2D eigenvalue weighted by atomic mass is 10.7. The lowest BCUT2D eigenvalue weighted by Gasteiger charge is -2.00. The summed E-state index contributed by atoms with van der Waals surface area (Å²) in [7, 11) is 0. The van der Waals surface area contributed by atoms with Crippen LogP contribution in [-0.4, -0.2) is 5.75 Å². The van der Waals surface area contributed by atoms with E-state index in [1.165, 1.54) is 0 Å². The minimum Gasteiger partial charge on any atom is -0.385 e. The lowest BCUT2D eigenvalue weighted by molar-refractivity contribution is 1.06. The molecular weight excluding hydrogens is 94.1 g/mol. The smallest absolute Gasteiger partial charge is 0.0559 e. The molecule has 0 aromatic rings. The summed E-state index contributed by atoms with van der Waals surface area (Å²) in [5.74, 6) is 1.09. The fourth-order valence-corrected chi connectivity index (χ4v) is 0.786. The van der Waals surface area contributed by atoms with Crippen molar-refractivity contribution >= 4 is 11.8 Å². The Morgan fingerprint density at radius 3 is 2.83 bits per heavy atom. The molecule has 0 spiro atoms. The highest BCUT2D eigenvalue weighted by molar-refractivity contribution is 8.02. The zero-order valence-corrected chi connectivity index (χ0v) is 4.16. The molecule has 0 amide bonds. The summed E-state index contributed by atoms with van der Waals surface area (Å²) in [6.07, 6.45) is 1.92. The molecule has 0 unspecified atom stereocenters. The van der Waals surface area contributed by atoms with Gasteiger partial charge in [-0.05, 0) is 5.41 Å². The van der Waals surface area contributed by atoms with Crippen LogP contribution in [0.25, 0.3) is 0 Å². The van der Waals surface area contributed by atoms with E-state index >= 15 is 0 Å². The van der Waals surface area contributed by atoms with E-state index in [9.17, 15) is 0 Å². The van der Waals surface area contributed by atoms with E-state index in [1.54, 1.807) is 11.8 Å². The first-order valence-corrected chi connectivity index (χ1v) is 2.89. The molecule has 1 N–H and O–H groups in total. The van der Waals surface area contributed by atoms with Gasteiger partial charge in [0, 0.05) is 12.0 Å². The van der Waals surface area contributed by atoms with Crippen LogP contribution in [0, 0.1) is 6.54 Å². The highest BCUT2D eigenvalue weighted by Crippen LogP contribution is 2.04. The second kappa shape index (κ2) is 2.13. The van der Waals surface area contributed by atoms with Crippen molar-refractivity contribution in [3.05, 3.63) is 18.2 Å². The third kappa shape index (κ3) is 0.937. The molecule has 1 radical (unpaired) electrons. The monoisotopic (exact) mass is 100 g/mol. The van der Waals surface area contributed by atoms with Crippen molar-refractivity contribution in [3.8, 4) is 0 Å². The van der Waals surface area contributed by atoms with Gasteiger partial charge in [0.1, 0.15) is 0 Å². The molecule has 1 aliphatic heterocycles. The zero-order chi connectivity index (χ0) is 4.24. The summed E-state index contributed by atoms with van der Waals surface area (Å²) in [5, 5.41) is 5.00. The standard InChI is InChI=1S/C4H6NS/c1-3-6-4-2-5-1/h1-3,5H,4H2. The van der Waals surface area contributed by atoms with Crippen molar-refractivity contribution in [3.63, 3.8) is 0 Å². The van der Waals surface area contributed by atoms with Gasteiger partial charge in [-0.3, -0.25) is 0 Å². The average Bonchev–Trinajstić information content (AvgIpc) is 1.72. The van der Waals surface area contributed by atoms with Gasteiger partial charge in [0.25, 0.3) is 0 Å². The number of nitrogens with one attached hydrogen (secondary N) is 1. The SMILES string of the molecule is [CH]1CSC=CN1. The third-order valence-electron chi connectivity index (χ3n) is 0.558. The van der Waals surface area contributed by atoms with E-state index in [4.69, 9.17) is 0 Å². The summed E-state index contributed by atoms with van der Waals surface area (Å²) in [6, 6.07) is 0. The van der Waals surface area contributed by atoms with Gasteiger partial charge in [-0.25, -0.2) is 0 Å². The number of thioether (sulfide) groups is 1. The van der Waals surface area contributed by atoms with Crippen molar-refractivity contribution in [2.45, 2.75) is 0 Å². The quantitative estimate of drug-likeness (QED) is 0.486. The van der Waals surface area contributed by atoms with Crippen molar-refractivity contribution in [1.29, 1.82) is 0 Å². The Morgan fingerprint density at radius 2 is 2.67 bits per heavy atom. The molecule has 2 heteroatoms. The summed E-state index contributed by atoms with van der Waals surface area (Å²) < 4.78 is 0. The van der Waals surface area contributed by atoms with E-state index in [-0.39, 0.29) is 0 Å². The Balaban J connectivity index is 2.26. The molecule has 0 aliphatic carbocycles. The summed E-state index contributed by atoms with van der Waals surface area (Å²) in [5.41, 5.74) is 0. The maximum Gasteiger partial charge on any atom is 0.0559 e. The fourth-order valence-electron chi connectivity index (χ4n) is 0.307. The summed E-state index contributed by atoms with van der Waals surface area (Å²) in [4.78, 5) is 0. The van der Waals surface area contributed by atoms with Crippen LogP contribution in [0.1, 0.15) is 0 Å². The van der Waals surface area contributed by atoms with Crippen molar-refractivity contribution in [2.24, 2.45) is 0 Å². The molecule has 0 atom stereocenters. The van der Waals surface area contributed by atoms with Crippen molar-refractivity contribution in [2.75, 3.05) is 5.75 Å². The molecule has 0 aromatic heterocycles. The minimum atomic E-state index is 1.09. The third-order valence-corrected chi connectivity index (χ3v) is 1.25. The van der Waals surface area contributed by atoms with E-state index in [0.717, 1.165) is 5.75 Å². The fraction of sp³-hybridized carbons (Fsp3) is 0.250. The van der Waals surface area contributed by atoms with Crippen molar-refractivity contribution in [1.82, 2.24) is 5.32 Å². The van der Waals surface area contributed by atoms with Gasteiger partial charge in [-0.15, -0.1) is 11.8 Å². The highest BCUT2D eigenvalue weighted by atomic mass is 32.2. The minimum absolute atomic E-state index is 1.09. The first-order chi connectivity index (χ1) is 3.00. The largest absolute Gasteiger partial charge is 0.385 e. The van der Waals surface area contributed by atoms with Crippen LogP contribution >= 0.6 is 11.8 Å². The van der Waals surface area contributed by atoms with Crippen LogP contribution in [0.5, 0.6) is 0 Å². The molecule has 33 valence electrons. The topological polar surface area (TPSA) is 12.0 Å². The summed E-state index contributed by atoms with van der Waals surface area (Å²) >= 11 is 1.80. The number of hydrogen-bond donors (Lipinski definition) is 1. The maximum atomic E-state index is 2.96. The predicted molar refractivity (Wildman–Crippen MR) is 29.0 cm³/mol. The van der Waals surface area contributed by atoms with Gasteiger partial charge >= 0.3 is 0 Å². The van der Waals surface area contributed by atoms with Crippen LogP contribution in [0.4, 0.5) is 0 Å². The normalized spacial score (nSPS) is 20.0. The second-order valence-electron chi connectivity index (χ2n) is 1.01. The van der Waals surface area contributed by atoms with Gasteiger partial charge in [0.2, 0.25) is 0 Å². The Morgan fingerprint density at radius 1 is 1.67 bits per heavy atom. The maximum absolute atomic E-state index is 2.96. The number of hydrogen-bond acceptors (Lipinski definition) is 2. The molecular formula is C4H6NS. The van der Waals surface area contributed by atoms with Crippen LogP contribution in [0.15, 0.2) is 11.6 Å². The van der Waals surface area contributed by atoms with Gasteiger partial charge < -0.3 is 5.32 Å². The molecule has 1 aliphatic rings. The molecule has 0 fully saturated rings. The Hall–Kier alpha value is -0.110. The first kappa shape index (κ1) is 4.06. The molecule has 0 aromatic carbocycles. The van der Waals surface area contributed by atoms with Gasteiger partial charge in [0.05, 0.1) is 6.54 Å². The second-order valence-corrected chi connectivity index (χ2v) is 1.95. The van der Waals surface area contributed by atoms with Gasteiger partial charge in [-0.2, -0.15) is 0 Å². The van der Waals surface area contributed by atoms with E-state index in [1.807, 2.05) is 18.2 Å². The molecule has 0 saturated carbocycles. The van der Waals surface area contributed by atoms with E-state index < -0.39 is 0 Å². The number of rotatable bonds is 0. The molecule has 0 saturated heterocycles. The van der Waals surface area contributed by atoms with E-state index in [0.29, 0.717) is 0 Å². The molecule has 0 bridgehead atoms. The highest BCUT2D eigenvalue weighted by Gasteiger charge is 1.85. The zero-order valence-electron chi connectivity index (χ0n) is 3.35. The van der Waals surface area contributed by atoms with Crippen LogP contribution < -0.4 is 5.32 Å². The van der Waals surface area contributed by atoms with E-state index in [2.05, 4.69) is 5.32 Å². The Labute approximate surface area is 41.8 Å². The van der Waals surface area contributed by atoms with Gasteiger partial charge in [-0.1, -0.05) is 0 Å². The molecule has 1 nitrogen and oxygen atoms in total. The summed E-state index contributed by atoms with van der Waals surface area (Å²) in [6.45, 7) is 2.02. The van der Waals surface area contributed by atoms with Gasteiger partial charge in [0.15, 0.2) is 0 Å². The molecule has 1 heterocycles. The van der Waals surface area contributed by atoms with Crippen molar-refractivity contribution < 1.29 is 0 Å². The van der Waals surface area contributed by atoms with Crippen LogP contribution in [-0.2, 0) is 0 Å². The van der Waals surface area contributed by atoms with Crippen LogP contribution in [0.3, 0.4) is 0 Å². The molecule has 6 heavy (non-hydrogen) atoms. The Bertz CT molecular complexity index is 52.6.